The first-order chi connectivity index (χ1) is 13.0. The molecule has 0 fully saturated rings. The molecule has 0 heterocycles. The van der Waals surface area contributed by atoms with E-state index < -0.39 is 10.0 Å². The average molecular weight is 390 g/mol. The van der Waals surface area contributed by atoms with E-state index >= 15 is 0 Å². The van der Waals surface area contributed by atoms with Crippen molar-refractivity contribution >= 4 is 10.0 Å². The number of sulfonamides is 1. The highest BCUT2D eigenvalue weighted by atomic mass is 32.2. The monoisotopic (exact) mass is 389 g/mol. The fourth-order valence-corrected chi connectivity index (χ4v) is 5.09. The number of hydrogen-bond acceptors (Lipinski definition) is 4. The van der Waals surface area contributed by atoms with Crippen molar-refractivity contribution in [3.8, 4) is 11.5 Å². The second kappa shape index (κ2) is 8.31. The largest absolute Gasteiger partial charge is 0.497 e. The second-order valence-electron chi connectivity index (χ2n) is 6.83. The first kappa shape index (κ1) is 19.7. The van der Waals surface area contributed by atoms with Crippen molar-refractivity contribution in [1.29, 1.82) is 0 Å². The Morgan fingerprint density at radius 2 is 1.63 bits per heavy atom. The summed E-state index contributed by atoms with van der Waals surface area (Å²) in [5, 5.41) is 0. The third-order valence-corrected chi connectivity index (χ3v) is 6.63. The van der Waals surface area contributed by atoms with Gasteiger partial charge in [-0.1, -0.05) is 19.1 Å². The molecule has 1 aliphatic rings. The Hall–Kier alpha value is -2.05. The van der Waals surface area contributed by atoms with Crippen LogP contribution < -0.4 is 14.2 Å². The Labute approximate surface area is 161 Å². The Morgan fingerprint density at radius 1 is 1.00 bits per heavy atom. The molecule has 0 radical (unpaired) electrons. The molecule has 146 valence electrons. The minimum Gasteiger partial charge on any atom is -0.497 e. The molecule has 1 N–H and O–H groups in total. The smallest absolute Gasteiger partial charge is 0.244 e. The van der Waals surface area contributed by atoms with E-state index in [-0.39, 0.29) is 10.9 Å². The van der Waals surface area contributed by atoms with Crippen molar-refractivity contribution in [3.63, 3.8) is 0 Å². The Kier molecular flexibility index (Phi) is 6.07. The van der Waals surface area contributed by atoms with Gasteiger partial charge in [0, 0.05) is 6.04 Å². The van der Waals surface area contributed by atoms with Gasteiger partial charge in [0.2, 0.25) is 10.0 Å². The van der Waals surface area contributed by atoms with Crippen LogP contribution in [0.15, 0.2) is 41.3 Å². The van der Waals surface area contributed by atoms with Crippen molar-refractivity contribution in [3.05, 3.63) is 53.1 Å². The van der Waals surface area contributed by atoms with Crippen LogP contribution in [0.3, 0.4) is 0 Å². The minimum absolute atomic E-state index is 0.220. The molecule has 0 aliphatic heterocycles. The number of methoxy groups -OCH3 is 2. The van der Waals surface area contributed by atoms with E-state index in [1.807, 2.05) is 37.3 Å². The number of fused-ring (bicyclic) bond motifs is 1. The van der Waals surface area contributed by atoms with E-state index in [4.69, 9.17) is 9.47 Å². The standard InChI is InChI=1S/C21H27NO4S/c1-4-19(15-9-11-18(25-2)12-10-15)22-27(23,24)21-14-17-8-6-5-7-16(17)13-20(21)26-3/h9-14,19,22H,4-8H2,1-3H3/t19-/m0/s1. The van der Waals surface area contributed by atoms with Crippen molar-refractivity contribution in [2.45, 2.75) is 50.0 Å². The van der Waals surface area contributed by atoms with Crippen molar-refractivity contribution in [2.24, 2.45) is 0 Å². The quantitative estimate of drug-likeness (QED) is 0.777. The van der Waals surface area contributed by atoms with E-state index in [0.29, 0.717) is 12.2 Å². The first-order valence-electron chi connectivity index (χ1n) is 9.34. The molecule has 2 aromatic carbocycles. The molecule has 0 spiro atoms. The molecule has 0 saturated heterocycles. The van der Waals surface area contributed by atoms with Crippen LogP contribution in [0.2, 0.25) is 0 Å². The average Bonchev–Trinajstić information content (AvgIpc) is 2.71. The van der Waals surface area contributed by atoms with E-state index in [1.165, 1.54) is 12.7 Å². The van der Waals surface area contributed by atoms with Gasteiger partial charge in [0.05, 0.1) is 14.2 Å². The number of ether oxygens (including phenoxy) is 2. The summed E-state index contributed by atoms with van der Waals surface area (Å²) in [6, 6.07) is 10.8. The number of aryl methyl sites for hydroxylation is 2. The highest BCUT2D eigenvalue weighted by Crippen LogP contribution is 2.33. The lowest BCUT2D eigenvalue weighted by Gasteiger charge is -2.22. The van der Waals surface area contributed by atoms with Crippen LogP contribution in [-0.4, -0.2) is 22.6 Å². The summed E-state index contributed by atoms with van der Waals surface area (Å²) in [5.74, 6) is 1.15. The Bertz CT molecular complexity index is 891. The first-order valence-corrected chi connectivity index (χ1v) is 10.8. The van der Waals surface area contributed by atoms with Crippen molar-refractivity contribution in [2.75, 3.05) is 14.2 Å². The van der Waals surface area contributed by atoms with Gasteiger partial charge in [0.1, 0.15) is 16.4 Å². The van der Waals surface area contributed by atoms with Crippen LogP contribution in [-0.2, 0) is 22.9 Å². The molecule has 1 aliphatic carbocycles. The predicted octanol–water partition coefficient (Wildman–Crippen LogP) is 4.01. The van der Waals surface area contributed by atoms with E-state index in [2.05, 4.69) is 4.72 Å². The minimum atomic E-state index is -3.72. The maximum Gasteiger partial charge on any atom is 0.244 e. The molecule has 0 amide bonds. The summed E-state index contributed by atoms with van der Waals surface area (Å²) in [6.07, 6.45) is 4.75. The predicted molar refractivity (Wildman–Crippen MR) is 106 cm³/mol. The lowest BCUT2D eigenvalue weighted by molar-refractivity contribution is 0.400. The van der Waals surface area contributed by atoms with Gasteiger partial charge in [-0.05, 0) is 73.1 Å². The SMILES string of the molecule is CC[C@H](NS(=O)(=O)c1cc2c(cc1OC)CCCC2)c1ccc(OC)cc1. The van der Waals surface area contributed by atoms with Crippen LogP contribution in [0.1, 0.15) is 48.9 Å². The van der Waals surface area contributed by atoms with Gasteiger partial charge in [-0.25, -0.2) is 13.1 Å². The fourth-order valence-electron chi connectivity index (χ4n) is 3.58. The Balaban J connectivity index is 1.92. The number of rotatable bonds is 7. The molecule has 5 nitrogen and oxygen atoms in total. The normalized spacial score (nSPS) is 15.1. The summed E-state index contributed by atoms with van der Waals surface area (Å²) in [7, 11) is -0.591. The summed E-state index contributed by atoms with van der Waals surface area (Å²) in [4.78, 5) is 0.220. The molecule has 0 unspecified atom stereocenters. The van der Waals surface area contributed by atoms with Crippen LogP contribution in [0.5, 0.6) is 11.5 Å². The fraction of sp³-hybridized carbons (Fsp3) is 0.429. The van der Waals surface area contributed by atoms with E-state index in [9.17, 15) is 8.42 Å². The van der Waals surface area contributed by atoms with Crippen LogP contribution in [0.25, 0.3) is 0 Å². The molecule has 27 heavy (non-hydrogen) atoms. The highest BCUT2D eigenvalue weighted by molar-refractivity contribution is 7.89. The molecular formula is C21H27NO4S. The van der Waals surface area contributed by atoms with Crippen molar-refractivity contribution < 1.29 is 17.9 Å². The van der Waals surface area contributed by atoms with E-state index in [1.54, 1.807) is 13.2 Å². The summed E-state index contributed by atoms with van der Waals surface area (Å²) in [5.41, 5.74) is 3.21. The van der Waals surface area contributed by atoms with Gasteiger partial charge in [-0.2, -0.15) is 0 Å². The summed E-state index contributed by atoms with van der Waals surface area (Å²) < 4.78 is 39.7. The third kappa shape index (κ3) is 4.28. The summed E-state index contributed by atoms with van der Waals surface area (Å²) in [6.45, 7) is 1.96. The zero-order valence-corrected chi connectivity index (χ0v) is 16.9. The van der Waals surface area contributed by atoms with Crippen molar-refractivity contribution in [1.82, 2.24) is 4.72 Å². The lowest BCUT2D eigenvalue weighted by atomic mass is 9.92. The van der Waals surface area contributed by atoms with Gasteiger partial charge in [0.25, 0.3) is 0 Å². The topological polar surface area (TPSA) is 64.6 Å². The summed E-state index contributed by atoms with van der Waals surface area (Å²) >= 11 is 0. The number of hydrogen-bond donors (Lipinski definition) is 1. The molecular weight excluding hydrogens is 362 g/mol. The van der Waals surface area contributed by atoms with E-state index in [0.717, 1.165) is 42.6 Å². The lowest BCUT2D eigenvalue weighted by Crippen LogP contribution is -2.29. The molecule has 0 aromatic heterocycles. The molecule has 3 rings (SSSR count). The Morgan fingerprint density at radius 3 is 2.19 bits per heavy atom. The second-order valence-corrected chi connectivity index (χ2v) is 8.52. The van der Waals surface area contributed by atoms with Crippen LogP contribution in [0.4, 0.5) is 0 Å². The third-order valence-electron chi connectivity index (χ3n) is 5.14. The van der Waals surface area contributed by atoms with Gasteiger partial charge in [0.15, 0.2) is 0 Å². The maximum atomic E-state index is 13.1. The van der Waals surface area contributed by atoms with Gasteiger partial charge in [-0.15, -0.1) is 0 Å². The van der Waals surface area contributed by atoms with Gasteiger partial charge in [-0.3, -0.25) is 0 Å². The zero-order valence-electron chi connectivity index (χ0n) is 16.1. The number of nitrogens with one attached hydrogen (secondary N) is 1. The van der Waals surface area contributed by atoms with Crippen LogP contribution in [0, 0.1) is 0 Å². The van der Waals surface area contributed by atoms with Gasteiger partial charge >= 0.3 is 0 Å². The molecule has 0 saturated carbocycles. The zero-order chi connectivity index (χ0) is 19.4. The van der Waals surface area contributed by atoms with Crippen LogP contribution >= 0.6 is 0 Å². The molecule has 2 aromatic rings. The molecule has 6 heteroatoms. The van der Waals surface area contributed by atoms with Gasteiger partial charge < -0.3 is 9.47 Å². The number of benzene rings is 2. The maximum absolute atomic E-state index is 13.1. The highest BCUT2D eigenvalue weighted by Gasteiger charge is 2.26. The molecule has 1 atom stereocenters. The molecule has 0 bridgehead atoms.